The van der Waals surface area contributed by atoms with E-state index in [2.05, 4.69) is 35.6 Å². The molecule has 44 heavy (non-hydrogen) atoms. The zero-order valence-corrected chi connectivity index (χ0v) is 25.8. The van der Waals surface area contributed by atoms with Crippen LogP contribution >= 0.6 is 11.6 Å². The van der Waals surface area contributed by atoms with Gasteiger partial charge in [-0.25, -0.2) is 8.78 Å². The Morgan fingerprint density at radius 2 is 1.84 bits per heavy atom. The first kappa shape index (κ1) is 30.6. The fourth-order valence-electron chi connectivity index (χ4n) is 6.22. The van der Waals surface area contributed by atoms with E-state index in [1.54, 1.807) is 7.11 Å². The molecule has 1 amide bonds. The molecule has 1 saturated heterocycles. The molecule has 1 saturated carbocycles. The molecule has 2 fully saturated rings. The number of amides is 1. The molecule has 2 aliphatic heterocycles. The summed E-state index contributed by atoms with van der Waals surface area (Å²) < 4.78 is 44.6. The van der Waals surface area contributed by atoms with Crippen LogP contribution in [-0.4, -0.2) is 55.9 Å². The van der Waals surface area contributed by atoms with Gasteiger partial charge in [-0.05, 0) is 85.1 Å². The monoisotopic (exact) mass is 622 g/mol. The van der Waals surface area contributed by atoms with E-state index < -0.39 is 11.6 Å². The Bertz CT molecular complexity index is 1560. The second kappa shape index (κ2) is 13.3. The van der Waals surface area contributed by atoms with E-state index in [4.69, 9.17) is 25.8 Å². The highest BCUT2D eigenvalue weighted by molar-refractivity contribution is 6.32. The second-order valence-electron chi connectivity index (χ2n) is 11.8. The van der Waals surface area contributed by atoms with Gasteiger partial charge in [-0.2, -0.15) is 0 Å². The average Bonchev–Trinajstić information content (AvgIpc) is 3.87. The summed E-state index contributed by atoms with van der Waals surface area (Å²) in [6.07, 6.45) is 4.01. The van der Waals surface area contributed by atoms with Gasteiger partial charge in [-0.3, -0.25) is 4.79 Å². The maximum Gasteiger partial charge on any atom is 0.252 e. The molecule has 2 heterocycles. The number of nitrogens with zero attached hydrogens (tertiary/aromatic N) is 1. The van der Waals surface area contributed by atoms with Crippen LogP contribution < -0.4 is 14.8 Å². The molecule has 1 aliphatic carbocycles. The molecule has 2 unspecified atom stereocenters. The highest BCUT2D eigenvalue weighted by Crippen LogP contribution is 2.38. The number of ether oxygens (including phenoxy) is 3. The van der Waals surface area contributed by atoms with Crippen LogP contribution in [0.15, 0.2) is 60.2 Å². The van der Waals surface area contributed by atoms with Crippen LogP contribution in [0.5, 0.6) is 11.5 Å². The number of morpholine rings is 1. The summed E-state index contributed by atoms with van der Waals surface area (Å²) in [5.74, 6) is -0.764. The molecule has 6 nitrogen and oxygen atoms in total. The van der Waals surface area contributed by atoms with Gasteiger partial charge in [0.25, 0.3) is 5.91 Å². The minimum atomic E-state index is -0.713. The van der Waals surface area contributed by atoms with Crippen molar-refractivity contribution in [1.29, 1.82) is 0 Å². The second-order valence-corrected chi connectivity index (χ2v) is 12.2. The van der Waals surface area contributed by atoms with Gasteiger partial charge >= 0.3 is 0 Å². The number of hydrogen-bond donors (Lipinski definition) is 1. The van der Waals surface area contributed by atoms with Gasteiger partial charge in [-0.1, -0.05) is 48.0 Å². The molecule has 6 rings (SSSR count). The summed E-state index contributed by atoms with van der Waals surface area (Å²) in [5.41, 5.74) is 6.13. The van der Waals surface area contributed by atoms with Crippen molar-refractivity contribution in [2.24, 2.45) is 0 Å². The average molecular weight is 623 g/mol. The molecule has 232 valence electrons. The van der Waals surface area contributed by atoms with Gasteiger partial charge in [0.2, 0.25) is 0 Å². The number of aryl methyl sites for hydroxylation is 1. The van der Waals surface area contributed by atoms with E-state index in [9.17, 15) is 13.6 Å². The van der Waals surface area contributed by atoms with Crippen molar-refractivity contribution in [3.63, 3.8) is 0 Å². The van der Waals surface area contributed by atoms with Gasteiger partial charge in [0.1, 0.15) is 16.6 Å². The number of carbonyl (C=O) groups excluding carboxylic acids is 1. The fraction of sp³-hybridized carbons (Fsp3) is 0.400. The number of hydrogen-bond acceptors (Lipinski definition) is 5. The fourth-order valence-corrected chi connectivity index (χ4v) is 6.43. The molecule has 3 aliphatic rings. The summed E-state index contributed by atoms with van der Waals surface area (Å²) >= 11 is 5.87. The Hall–Kier alpha value is -3.46. The van der Waals surface area contributed by atoms with Crippen molar-refractivity contribution in [3.8, 4) is 11.5 Å². The minimum Gasteiger partial charge on any atom is -0.496 e. The Balaban J connectivity index is 1.20. The standard InChI is InChI=1S/C35H37ClF2N2O4/c1-21-24(6-3-7-31(21)42-2)18-40(26-12-13-26)35(41)32-27(17-25-19-43-20-30(32)39-25)23-10-8-22(9-11-23)5-4-16-44-34-29(38)15-14-28(37)33(34)36/h3,6-11,14-15,25-26,30,39H,4-5,12-13,16-20H2,1-2H3. The molecule has 0 aromatic heterocycles. The molecule has 3 aromatic carbocycles. The first-order chi connectivity index (χ1) is 21.3. The summed E-state index contributed by atoms with van der Waals surface area (Å²) in [5, 5.41) is 3.29. The highest BCUT2D eigenvalue weighted by atomic mass is 35.5. The SMILES string of the molecule is COc1cccc(CN(C(=O)C2=C(c3ccc(CCCOc4c(F)ccc(F)c4Cl)cc3)CC3COCC2N3)C2CC2)c1C. The maximum absolute atomic E-state index is 14.4. The van der Waals surface area contributed by atoms with E-state index in [0.29, 0.717) is 39.0 Å². The molecule has 1 N–H and O–H groups in total. The minimum absolute atomic E-state index is 0.0654. The van der Waals surface area contributed by atoms with Crippen LogP contribution in [0.3, 0.4) is 0 Å². The lowest BCUT2D eigenvalue weighted by atomic mass is 9.84. The van der Waals surface area contributed by atoms with Crippen molar-refractivity contribution in [1.82, 2.24) is 10.2 Å². The van der Waals surface area contributed by atoms with Crippen molar-refractivity contribution < 1.29 is 27.8 Å². The normalized spacial score (nSPS) is 19.6. The Labute approximate surface area is 261 Å². The number of methoxy groups -OCH3 is 1. The quantitative estimate of drug-likeness (QED) is 0.192. The number of fused-ring (bicyclic) bond motifs is 2. The summed E-state index contributed by atoms with van der Waals surface area (Å²) in [6.45, 7) is 3.85. The van der Waals surface area contributed by atoms with Crippen LogP contribution in [0.25, 0.3) is 5.57 Å². The van der Waals surface area contributed by atoms with Gasteiger partial charge in [-0.15, -0.1) is 0 Å². The zero-order valence-electron chi connectivity index (χ0n) is 25.0. The van der Waals surface area contributed by atoms with E-state index in [-0.39, 0.29) is 41.4 Å². The van der Waals surface area contributed by atoms with Gasteiger partial charge in [0.05, 0.1) is 33.0 Å². The number of benzene rings is 3. The molecule has 0 radical (unpaired) electrons. The first-order valence-corrected chi connectivity index (χ1v) is 15.6. The molecule has 3 aromatic rings. The van der Waals surface area contributed by atoms with Crippen LogP contribution in [-0.2, 0) is 22.5 Å². The molecular weight excluding hydrogens is 586 g/mol. The smallest absolute Gasteiger partial charge is 0.252 e. The Morgan fingerprint density at radius 1 is 1.07 bits per heavy atom. The van der Waals surface area contributed by atoms with Crippen LogP contribution in [0.4, 0.5) is 8.78 Å². The largest absolute Gasteiger partial charge is 0.496 e. The van der Waals surface area contributed by atoms with E-state index >= 15 is 0 Å². The highest BCUT2D eigenvalue weighted by Gasteiger charge is 2.41. The van der Waals surface area contributed by atoms with Crippen LogP contribution in [0.2, 0.25) is 5.02 Å². The van der Waals surface area contributed by atoms with Crippen molar-refractivity contribution in [2.75, 3.05) is 26.9 Å². The number of carbonyl (C=O) groups is 1. The summed E-state index contributed by atoms with van der Waals surface area (Å²) in [4.78, 5) is 16.5. The molecule has 2 bridgehead atoms. The van der Waals surface area contributed by atoms with Gasteiger partial charge in [0, 0.05) is 24.2 Å². The number of halogens is 3. The zero-order chi connectivity index (χ0) is 30.8. The van der Waals surface area contributed by atoms with Crippen molar-refractivity contribution in [3.05, 3.63) is 99.1 Å². The Kier molecular flexibility index (Phi) is 9.21. The van der Waals surface area contributed by atoms with Crippen LogP contribution in [0, 0.1) is 18.6 Å². The van der Waals surface area contributed by atoms with Gasteiger partial charge < -0.3 is 24.4 Å². The van der Waals surface area contributed by atoms with Gasteiger partial charge in [0.15, 0.2) is 11.6 Å². The predicted octanol–water partition coefficient (Wildman–Crippen LogP) is 6.65. The lowest BCUT2D eigenvalue weighted by Crippen LogP contribution is -2.55. The number of rotatable bonds is 11. The Morgan fingerprint density at radius 3 is 2.59 bits per heavy atom. The summed E-state index contributed by atoms with van der Waals surface area (Å²) in [7, 11) is 1.67. The molecule has 0 spiro atoms. The summed E-state index contributed by atoms with van der Waals surface area (Å²) in [6, 6.07) is 16.5. The van der Waals surface area contributed by atoms with E-state index in [0.717, 1.165) is 64.1 Å². The third-order valence-electron chi connectivity index (χ3n) is 8.76. The lowest BCUT2D eigenvalue weighted by molar-refractivity contribution is -0.129. The first-order valence-electron chi connectivity index (χ1n) is 15.2. The molecular formula is C35H37ClF2N2O4. The maximum atomic E-state index is 14.4. The van der Waals surface area contributed by atoms with Crippen molar-refractivity contribution in [2.45, 2.75) is 63.7 Å². The van der Waals surface area contributed by atoms with E-state index in [1.807, 2.05) is 24.0 Å². The van der Waals surface area contributed by atoms with E-state index in [1.165, 1.54) is 0 Å². The molecule has 9 heteroatoms. The lowest BCUT2D eigenvalue weighted by Gasteiger charge is -2.40. The topological polar surface area (TPSA) is 60.0 Å². The van der Waals surface area contributed by atoms with Crippen molar-refractivity contribution >= 4 is 23.1 Å². The molecule has 2 atom stereocenters. The third-order valence-corrected chi connectivity index (χ3v) is 9.11. The third kappa shape index (κ3) is 6.48. The predicted molar refractivity (Wildman–Crippen MR) is 166 cm³/mol. The van der Waals surface area contributed by atoms with Crippen LogP contribution in [0.1, 0.15) is 47.9 Å². The number of nitrogens with one attached hydrogen (secondary N) is 1.